The van der Waals surface area contributed by atoms with Gasteiger partial charge >= 0.3 is 0 Å². The van der Waals surface area contributed by atoms with Crippen LogP contribution in [0.1, 0.15) is 25.8 Å². The molecule has 4 nitrogen and oxygen atoms in total. The van der Waals surface area contributed by atoms with Gasteiger partial charge in [0.2, 0.25) is 5.91 Å². The molecule has 0 fully saturated rings. The van der Waals surface area contributed by atoms with E-state index in [1.165, 1.54) is 6.20 Å². The van der Waals surface area contributed by atoms with Gasteiger partial charge in [0.15, 0.2) is 0 Å². The van der Waals surface area contributed by atoms with Crippen LogP contribution in [0.4, 0.5) is 5.69 Å². The second kappa shape index (κ2) is 5.98. The van der Waals surface area contributed by atoms with Gasteiger partial charge in [-0.25, -0.2) is 4.98 Å². The third-order valence-electron chi connectivity index (χ3n) is 2.52. The number of hydrogen-bond donors (Lipinski definition) is 2. The number of aryl methyl sites for hydroxylation is 1. The van der Waals surface area contributed by atoms with Crippen LogP contribution < -0.4 is 5.32 Å². The van der Waals surface area contributed by atoms with E-state index in [-0.39, 0.29) is 18.2 Å². The fourth-order valence-corrected chi connectivity index (χ4v) is 1.49. The molecule has 1 amide bonds. The van der Waals surface area contributed by atoms with Crippen LogP contribution >= 0.6 is 11.6 Å². The zero-order valence-corrected chi connectivity index (χ0v) is 11.0. The predicted octanol–water partition coefficient (Wildman–Crippen LogP) is 2.39. The van der Waals surface area contributed by atoms with Crippen molar-refractivity contribution in [3.8, 4) is 0 Å². The number of anilines is 1. The Morgan fingerprint density at radius 1 is 1.59 bits per heavy atom. The highest BCUT2D eigenvalue weighted by atomic mass is 35.5. The molecule has 1 atom stereocenters. The summed E-state index contributed by atoms with van der Waals surface area (Å²) in [7, 11) is 0. The maximum Gasteiger partial charge on any atom is 0.227 e. The van der Waals surface area contributed by atoms with Crippen LogP contribution in [0.25, 0.3) is 0 Å². The summed E-state index contributed by atoms with van der Waals surface area (Å²) in [6, 6.07) is 1.68. The van der Waals surface area contributed by atoms with Crippen molar-refractivity contribution >= 4 is 23.2 Å². The van der Waals surface area contributed by atoms with Gasteiger partial charge in [0, 0.05) is 0 Å². The highest BCUT2D eigenvalue weighted by molar-refractivity contribution is 6.29. The highest BCUT2D eigenvalue weighted by Crippen LogP contribution is 2.17. The van der Waals surface area contributed by atoms with Crippen LogP contribution in [0.15, 0.2) is 12.3 Å². The molecule has 17 heavy (non-hydrogen) atoms. The van der Waals surface area contributed by atoms with Crippen LogP contribution in [-0.2, 0) is 4.79 Å². The number of carbonyl (C=O) groups excluding carboxylic acids is 1. The first-order valence-corrected chi connectivity index (χ1v) is 5.88. The molecule has 0 aliphatic rings. The Labute approximate surface area is 106 Å². The molecule has 0 radical (unpaired) electrons. The van der Waals surface area contributed by atoms with E-state index >= 15 is 0 Å². The summed E-state index contributed by atoms with van der Waals surface area (Å²) in [6.07, 6.45) is 0.965. The maximum atomic E-state index is 11.6. The fraction of sp³-hybridized carbons (Fsp3) is 0.500. The summed E-state index contributed by atoms with van der Waals surface area (Å²) in [5, 5.41) is 12.7. The van der Waals surface area contributed by atoms with Gasteiger partial charge < -0.3 is 10.4 Å². The van der Waals surface area contributed by atoms with Crippen molar-refractivity contribution < 1.29 is 9.90 Å². The molecule has 1 aromatic rings. The van der Waals surface area contributed by atoms with Gasteiger partial charge in [0.05, 0.1) is 24.4 Å². The highest BCUT2D eigenvalue weighted by Gasteiger charge is 2.15. The van der Waals surface area contributed by atoms with Crippen molar-refractivity contribution in [2.75, 3.05) is 5.32 Å². The molecule has 0 aliphatic carbocycles. The van der Waals surface area contributed by atoms with Crippen LogP contribution in [0.2, 0.25) is 5.15 Å². The quantitative estimate of drug-likeness (QED) is 0.813. The summed E-state index contributed by atoms with van der Waals surface area (Å²) >= 11 is 5.72. The Hall–Kier alpha value is -1.13. The second-order valence-corrected chi connectivity index (χ2v) is 4.77. The number of aromatic nitrogens is 1. The van der Waals surface area contributed by atoms with E-state index in [9.17, 15) is 9.90 Å². The molecule has 0 bridgehead atoms. The standard InChI is InChI=1S/C12H17ClN2O2/c1-7(2)10(16)5-12(17)15-9-6-14-11(13)4-8(9)3/h4,6-7,10,16H,5H2,1-3H3,(H,15,17). The number of pyridine rings is 1. The molecule has 5 heteroatoms. The van der Waals surface area contributed by atoms with E-state index in [0.717, 1.165) is 5.56 Å². The fourth-order valence-electron chi connectivity index (χ4n) is 1.28. The Morgan fingerprint density at radius 2 is 2.24 bits per heavy atom. The summed E-state index contributed by atoms with van der Waals surface area (Å²) in [5.41, 5.74) is 1.47. The van der Waals surface area contributed by atoms with E-state index in [0.29, 0.717) is 10.8 Å². The number of carbonyl (C=O) groups is 1. The number of rotatable bonds is 4. The lowest BCUT2D eigenvalue weighted by atomic mass is 10.0. The van der Waals surface area contributed by atoms with E-state index in [4.69, 9.17) is 11.6 Å². The first-order valence-electron chi connectivity index (χ1n) is 5.50. The van der Waals surface area contributed by atoms with E-state index in [1.54, 1.807) is 6.07 Å². The number of amides is 1. The average Bonchev–Trinajstić information content (AvgIpc) is 2.22. The number of hydrogen-bond acceptors (Lipinski definition) is 3. The van der Waals surface area contributed by atoms with E-state index in [2.05, 4.69) is 10.3 Å². The third kappa shape index (κ3) is 4.32. The molecule has 2 N–H and O–H groups in total. The lowest BCUT2D eigenvalue weighted by Crippen LogP contribution is -2.24. The SMILES string of the molecule is Cc1cc(Cl)ncc1NC(=O)CC(O)C(C)C. The van der Waals surface area contributed by atoms with Crippen molar-refractivity contribution in [2.24, 2.45) is 5.92 Å². The van der Waals surface area contributed by atoms with Crippen molar-refractivity contribution in [3.63, 3.8) is 0 Å². The summed E-state index contributed by atoms with van der Waals surface area (Å²) in [6.45, 7) is 5.57. The van der Waals surface area contributed by atoms with Gasteiger partial charge in [-0.1, -0.05) is 25.4 Å². The van der Waals surface area contributed by atoms with Gasteiger partial charge in [-0.05, 0) is 24.5 Å². The molecule has 0 aliphatic heterocycles. The topological polar surface area (TPSA) is 62.2 Å². The van der Waals surface area contributed by atoms with Gasteiger partial charge in [0.25, 0.3) is 0 Å². The average molecular weight is 257 g/mol. The molecule has 1 heterocycles. The normalized spacial score (nSPS) is 12.6. The Kier molecular flexibility index (Phi) is 4.90. The molecule has 1 rings (SSSR count). The lowest BCUT2D eigenvalue weighted by molar-refractivity contribution is -0.118. The number of aliphatic hydroxyl groups excluding tert-OH is 1. The molecule has 1 aromatic heterocycles. The van der Waals surface area contributed by atoms with Gasteiger partial charge in [-0.3, -0.25) is 4.79 Å². The summed E-state index contributed by atoms with van der Waals surface area (Å²) in [5.74, 6) is -0.163. The van der Waals surface area contributed by atoms with E-state index < -0.39 is 6.10 Å². The molecule has 0 spiro atoms. The zero-order valence-electron chi connectivity index (χ0n) is 10.2. The minimum absolute atomic E-state index is 0.0604. The largest absolute Gasteiger partial charge is 0.392 e. The summed E-state index contributed by atoms with van der Waals surface area (Å²) in [4.78, 5) is 15.5. The van der Waals surface area contributed by atoms with Crippen molar-refractivity contribution in [1.29, 1.82) is 0 Å². The van der Waals surface area contributed by atoms with Crippen LogP contribution in [0.5, 0.6) is 0 Å². The minimum atomic E-state index is -0.629. The number of nitrogens with zero attached hydrogens (tertiary/aromatic N) is 1. The Bertz CT molecular complexity index is 407. The molecule has 0 saturated carbocycles. The van der Waals surface area contributed by atoms with Gasteiger partial charge in [-0.2, -0.15) is 0 Å². The van der Waals surface area contributed by atoms with Crippen molar-refractivity contribution in [2.45, 2.75) is 33.3 Å². The van der Waals surface area contributed by atoms with Crippen LogP contribution in [-0.4, -0.2) is 22.1 Å². The van der Waals surface area contributed by atoms with Crippen LogP contribution in [0.3, 0.4) is 0 Å². The maximum absolute atomic E-state index is 11.6. The third-order valence-corrected chi connectivity index (χ3v) is 2.72. The monoisotopic (exact) mass is 256 g/mol. The van der Waals surface area contributed by atoms with E-state index in [1.807, 2.05) is 20.8 Å². The van der Waals surface area contributed by atoms with Crippen molar-refractivity contribution in [1.82, 2.24) is 4.98 Å². The smallest absolute Gasteiger partial charge is 0.227 e. The molecule has 1 unspecified atom stereocenters. The summed E-state index contributed by atoms with van der Waals surface area (Å²) < 4.78 is 0. The number of halogens is 1. The first-order chi connectivity index (χ1) is 7.90. The number of aliphatic hydroxyl groups is 1. The van der Waals surface area contributed by atoms with Gasteiger partial charge in [-0.15, -0.1) is 0 Å². The molecular weight excluding hydrogens is 240 g/mol. The zero-order chi connectivity index (χ0) is 13.0. The lowest BCUT2D eigenvalue weighted by Gasteiger charge is -2.14. The van der Waals surface area contributed by atoms with Gasteiger partial charge in [0.1, 0.15) is 5.15 Å². The number of nitrogens with one attached hydrogen (secondary N) is 1. The van der Waals surface area contributed by atoms with Crippen LogP contribution in [0, 0.1) is 12.8 Å². The van der Waals surface area contributed by atoms with Crippen molar-refractivity contribution in [3.05, 3.63) is 23.0 Å². The predicted molar refractivity (Wildman–Crippen MR) is 68.1 cm³/mol. The molecule has 0 aromatic carbocycles. The molecular formula is C12H17ClN2O2. The second-order valence-electron chi connectivity index (χ2n) is 4.39. The Morgan fingerprint density at radius 3 is 2.76 bits per heavy atom. The Balaban J connectivity index is 2.62. The molecule has 94 valence electrons. The minimum Gasteiger partial charge on any atom is -0.392 e. The first kappa shape index (κ1) is 13.9. The molecule has 0 saturated heterocycles.